The number of fused-ring (bicyclic) bond motifs is 3. The molecule has 0 spiro atoms. The summed E-state index contributed by atoms with van der Waals surface area (Å²) in [5.74, 6) is 2.86. The number of pyridine rings is 1. The van der Waals surface area contributed by atoms with Crippen LogP contribution in [0, 0.1) is 11.8 Å². The van der Waals surface area contributed by atoms with E-state index < -0.39 is 11.9 Å². The first-order valence-electron chi connectivity index (χ1n) is 12.3. The van der Waals surface area contributed by atoms with E-state index in [-0.39, 0.29) is 6.04 Å². The molecule has 1 aliphatic carbocycles. The Kier molecular flexibility index (Phi) is 5.65. The molecule has 2 aromatic heterocycles. The molecule has 4 heterocycles. The molecule has 36 heavy (non-hydrogen) atoms. The normalized spacial score (nSPS) is 23.5. The van der Waals surface area contributed by atoms with Gasteiger partial charge in [-0.2, -0.15) is 18.2 Å². The van der Waals surface area contributed by atoms with Crippen LogP contribution in [0.5, 0.6) is 5.75 Å². The number of aryl methyl sites for hydroxylation is 1. The molecule has 0 radical (unpaired) electrons. The van der Waals surface area contributed by atoms with Gasteiger partial charge in [-0.05, 0) is 67.5 Å². The molecule has 3 aliphatic rings. The molecule has 0 amide bonds. The zero-order chi connectivity index (χ0) is 24.9. The molecule has 1 saturated carbocycles. The molecular weight excluding hydrogens is 471 g/mol. The van der Waals surface area contributed by atoms with Crippen LogP contribution < -0.4 is 19.9 Å². The van der Waals surface area contributed by atoms with E-state index >= 15 is 0 Å². The first-order valence-corrected chi connectivity index (χ1v) is 12.3. The SMILES string of the molecule is COc1ccc(N2CCCn3nc(N[C@@H]4C5CC[C@H]4CN(c4ccnc(C(F)(F)F)c4)C5)nc32)cc1. The van der Waals surface area contributed by atoms with Crippen LogP contribution in [-0.2, 0) is 12.7 Å². The van der Waals surface area contributed by atoms with E-state index in [1.807, 2.05) is 28.9 Å². The number of aromatic nitrogens is 4. The van der Waals surface area contributed by atoms with Gasteiger partial charge in [0, 0.05) is 49.8 Å². The van der Waals surface area contributed by atoms with Gasteiger partial charge in [0.15, 0.2) is 0 Å². The number of piperidine rings is 1. The molecule has 2 aliphatic heterocycles. The van der Waals surface area contributed by atoms with Crippen molar-refractivity contribution in [3.05, 3.63) is 48.3 Å². The Morgan fingerprint density at radius 1 is 1.00 bits per heavy atom. The van der Waals surface area contributed by atoms with Crippen LogP contribution in [0.25, 0.3) is 0 Å². The topological polar surface area (TPSA) is 71.3 Å². The minimum Gasteiger partial charge on any atom is -0.497 e. The third-order valence-electron chi connectivity index (χ3n) is 7.56. The predicted octanol–water partition coefficient (Wildman–Crippen LogP) is 4.57. The number of alkyl halides is 3. The smallest absolute Gasteiger partial charge is 0.433 e. The maximum absolute atomic E-state index is 13.2. The van der Waals surface area contributed by atoms with Crippen LogP contribution in [-0.4, -0.2) is 52.5 Å². The Balaban J connectivity index is 1.18. The summed E-state index contributed by atoms with van der Waals surface area (Å²) in [4.78, 5) is 12.6. The third-order valence-corrected chi connectivity index (χ3v) is 7.56. The Hall–Kier alpha value is -3.50. The third kappa shape index (κ3) is 4.20. The average Bonchev–Trinajstić information content (AvgIpc) is 3.39. The van der Waals surface area contributed by atoms with Crippen molar-refractivity contribution in [2.75, 3.05) is 41.9 Å². The number of nitrogens with one attached hydrogen (secondary N) is 1. The number of anilines is 4. The van der Waals surface area contributed by atoms with Gasteiger partial charge in [0.2, 0.25) is 11.9 Å². The second-order valence-corrected chi connectivity index (χ2v) is 9.73. The van der Waals surface area contributed by atoms with Gasteiger partial charge in [-0.1, -0.05) is 0 Å². The Bertz CT molecular complexity index is 1220. The van der Waals surface area contributed by atoms with Gasteiger partial charge in [-0.15, -0.1) is 5.10 Å². The molecule has 1 N–H and O–H groups in total. The van der Waals surface area contributed by atoms with E-state index in [2.05, 4.69) is 20.1 Å². The van der Waals surface area contributed by atoms with Gasteiger partial charge in [0.05, 0.1) is 7.11 Å². The lowest BCUT2D eigenvalue weighted by molar-refractivity contribution is -0.141. The molecular formula is C25H28F3N7O. The number of nitrogens with zero attached hydrogens (tertiary/aromatic N) is 6. The summed E-state index contributed by atoms with van der Waals surface area (Å²) in [6.45, 7) is 3.06. The fourth-order valence-electron chi connectivity index (χ4n) is 5.82. The number of rotatable bonds is 5. The van der Waals surface area contributed by atoms with Crippen LogP contribution in [0.1, 0.15) is 25.0 Å². The lowest BCUT2D eigenvalue weighted by Crippen LogP contribution is -2.48. The average molecular weight is 500 g/mol. The van der Waals surface area contributed by atoms with Crippen molar-refractivity contribution < 1.29 is 17.9 Å². The highest BCUT2D eigenvalue weighted by Crippen LogP contribution is 2.41. The first kappa shape index (κ1) is 22.9. The van der Waals surface area contributed by atoms with Crippen LogP contribution in [0.15, 0.2) is 42.6 Å². The molecule has 8 nitrogen and oxygen atoms in total. The highest BCUT2D eigenvalue weighted by molar-refractivity contribution is 5.60. The van der Waals surface area contributed by atoms with Crippen molar-refractivity contribution in [3.8, 4) is 5.75 Å². The van der Waals surface area contributed by atoms with E-state index in [9.17, 15) is 13.2 Å². The molecule has 190 valence electrons. The van der Waals surface area contributed by atoms with E-state index in [4.69, 9.17) is 14.8 Å². The fourth-order valence-corrected chi connectivity index (χ4v) is 5.82. The molecule has 2 fully saturated rings. The Labute approximate surface area is 207 Å². The van der Waals surface area contributed by atoms with Crippen molar-refractivity contribution in [1.82, 2.24) is 19.7 Å². The van der Waals surface area contributed by atoms with E-state index in [0.29, 0.717) is 36.6 Å². The summed E-state index contributed by atoms with van der Waals surface area (Å²) in [5.41, 5.74) is 0.778. The number of methoxy groups -OCH3 is 1. The maximum atomic E-state index is 13.2. The van der Waals surface area contributed by atoms with Crippen molar-refractivity contribution in [2.45, 2.75) is 38.0 Å². The number of ether oxygens (including phenoxy) is 1. The summed E-state index contributed by atoms with van der Waals surface area (Å²) < 4.78 is 46.7. The highest BCUT2D eigenvalue weighted by Gasteiger charge is 2.43. The molecule has 3 aromatic rings. The zero-order valence-electron chi connectivity index (χ0n) is 19.9. The van der Waals surface area contributed by atoms with Crippen LogP contribution in [0.4, 0.5) is 36.4 Å². The predicted molar refractivity (Wildman–Crippen MR) is 130 cm³/mol. The second-order valence-electron chi connectivity index (χ2n) is 9.73. The number of halogens is 3. The molecule has 1 aromatic carbocycles. The molecule has 11 heteroatoms. The van der Waals surface area contributed by atoms with Crippen molar-refractivity contribution in [2.24, 2.45) is 11.8 Å². The van der Waals surface area contributed by atoms with Crippen LogP contribution in [0.3, 0.4) is 0 Å². The molecule has 6 rings (SSSR count). The van der Waals surface area contributed by atoms with Gasteiger partial charge in [-0.3, -0.25) is 4.98 Å². The van der Waals surface area contributed by atoms with Crippen molar-refractivity contribution >= 4 is 23.3 Å². The van der Waals surface area contributed by atoms with E-state index in [1.54, 1.807) is 13.2 Å². The second kappa shape index (κ2) is 8.86. The molecule has 3 atom stereocenters. The lowest BCUT2D eigenvalue weighted by Gasteiger charge is -2.39. The molecule has 1 saturated heterocycles. The van der Waals surface area contributed by atoms with E-state index in [0.717, 1.165) is 55.8 Å². The molecule has 1 unspecified atom stereocenters. The number of hydrogen-bond donors (Lipinski definition) is 1. The summed E-state index contributed by atoms with van der Waals surface area (Å²) in [5, 5.41) is 8.34. The monoisotopic (exact) mass is 499 g/mol. The lowest BCUT2D eigenvalue weighted by atomic mass is 9.92. The minimum absolute atomic E-state index is 0.198. The Morgan fingerprint density at radius 3 is 2.44 bits per heavy atom. The van der Waals surface area contributed by atoms with Crippen LogP contribution >= 0.6 is 0 Å². The van der Waals surface area contributed by atoms with Gasteiger partial charge in [-0.25, -0.2) is 4.68 Å². The first-order chi connectivity index (χ1) is 17.4. The van der Waals surface area contributed by atoms with Crippen LogP contribution in [0.2, 0.25) is 0 Å². The quantitative estimate of drug-likeness (QED) is 0.552. The summed E-state index contributed by atoms with van der Waals surface area (Å²) in [6.07, 6.45) is -0.167. The number of benzene rings is 1. The zero-order valence-corrected chi connectivity index (χ0v) is 19.9. The molecule has 2 bridgehead atoms. The van der Waals surface area contributed by atoms with Crippen molar-refractivity contribution in [1.29, 1.82) is 0 Å². The minimum atomic E-state index is -4.44. The van der Waals surface area contributed by atoms with Gasteiger partial charge < -0.3 is 19.9 Å². The summed E-state index contributed by atoms with van der Waals surface area (Å²) in [7, 11) is 1.65. The van der Waals surface area contributed by atoms with Gasteiger partial charge in [0.1, 0.15) is 11.4 Å². The Morgan fingerprint density at radius 2 is 1.75 bits per heavy atom. The van der Waals surface area contributed by atoms with Gasteiger partial charge >= 0.3 is 6.18 Å². The standard InChI is InChI=1S/C25H28F3N7O/c1-36-20-7-5-18(6-8-20)34-11-2-12-35-24(34)31-23(32-35)30-22-16-3-4-17(22)15-33(14-16)19-9-10-29-21(13-19)25(26,27)28/h5-10,13,16-17,22H,2-4,11-12,14-15H2,1H3,(H,30,32)/t16-,17?,22-/m0/s1. The fraction of sp³-hybridized carbons (Fsp3) is 0.480. The summed E-state index contributed by atoms with van der Waals surface area (Å²) in [6, 6.07) is 11.0. The van der Waals surface area contributed by atoms with E-state index in [1.165, 1.54) is 6.20 Å². The highest BCUT2D eigenvalue weighted by atomic mass is 19.4. The van der Waals surface area contributed by atoms with Gasteiger partial charge in [0.25, 0.3) is 0 Å². The number of hydrogen-bond acceptors (Lipinski definition) is 7. The maximum Gasteiger partial charge on any atom is 0.433 e. The summed E-state index contributed by atoms with van der Waals surface area (Å²) >= 11 is 0. The van der Waals surface area contributed by atoms with Crippen molar-refractivity contribution in [3.63, 3.8) is 0 Å². The largest absolute Gasteiger partial charge is 0.497 e.